The summed E-state index contributed by atoms with van der Waals surface area (Å²) in [5.74, 6) is 0.748. The Morgan fingerprint density at radius 2 is 2.12 bits per heavy atom. The molecule has 26 heavy (non-hydrogen) atoms. The molecule has 0 bridgehead atoms. The zero-order chi connectivity index (χ0) is 18.4. The lowest BCUT2D eigenvalue weighted by Gasteiger charge is -2.15. The van der Waals surface area contributed by atoms with Crippen LogP contribution in [0.2, 0.25) is 0 Å². The first-order valence-corrected chi connectivity index (χ1v) is 8.43. The molecule has 1 aliphatic carbocycles. The maximum absolute atomic E-state index is 12.6. The Morgan fingerprint density at radius 3 is 2.85 bits per heavy atom. The van der Waals surface area contributed by atoms with Crippen molar-refractivity contribution in [1.82, 2.24) is 24.7 Å². The molecule has 1 amide bonds. The van der Waals surface area contributed by atoms with Crippen molar-refractivity contribution in [2.45, 2.75) is 32.7 Å². The molecule has 1 fully saturated rings. The second-order valence-corrected chi connectivity index (χ2v) is 6.65. The van der Waals surface area contributed by atoms with E-state index in [1.54, 1.807) is 23.9 Å². The Kier molecular flexibility index (Phi) is 3.71. The van der Waals surface area contributed by atoms with Gasteiger partial charge in [0.1, 0.15) is 17.2 Å². The normalized spacial score (nSPS) is 15.2. The van der Waals surface area contributed by atoms with Gasteiger partial charge in [0.05, 0.1) is 17.6 Å². The number of nitrogens with zero attached hydrogens (tertiary/aromatic N) is 3. The SMILES string of the molecule is Cc1cc(C(=O)Nc2ccnn2C(C)C2CC2)nc2[nH]c(=O)[nH]c(=O)c12. The van der Waals surface area contributed by atoms with Gasteiger partial charge in [-0.3, -0.25) is 19.6 Å². The summed E-state index contributed by atoms with van der Waals surface area (Å²) >= 11 is 0. The van der Waals surface area contributed by atoms with Gasteiger partial charge in [-0.25, -0.2) is 14.5 Å². The molecular weight excluding hydrogens is 336 g/mol. The van der Waals surface area contributed by atoms with Gasteiger partial charge in [0.15, 0.2) is 0 Å². The lowest BCUT2D eigenvalue weighted by molar-refractivity contribution is 0.102. The molecule has 3 N–H and O–H groups in total. The molecule has 0 aromatic carbocycles. The largest absolute Gasteiger partial charge is 0.327 e. The minimum Gasteiger partial charge on any atom is -0.305 e. The highest BCUT2D eigenvalue weighted by Gasteiger charge is 2.31. The summed E-state index contributed by atoms with van der Waals surface area (Å²) in [6.07, 6.45) is 3.98. The van der Waals surface area contributed by atoms with Crippen LogP contribution in [-0.2, 0) is 0 Å². The number of pyridine rings is 1. The van der Waals surface area contributed by atoms with Crippen molar-refractivity contribution in [3.8, 4) is 0 Å². The average molecular weight is 354 g/mol. The number of carbonyl (C=O) groups is 1. The van der Waals surface area contributed by atoms with Crippen molar-refractivity contribution in [2.75, 3.05) is 5.32 Å². The van der Waals surface area contributed by atoms with Gasteiger partial charge in [0, 0.05) is 6.07 Å². The van der Waals surface area contributed by atoms with Crippen molar-refractivity contribution in [3.63, 3.8) is 0 Å². The minimum absolute atomic E-state index is 0.0868. The molecule has 9 nitrogen and oxygen atoms in total. The summed E-state index contributed by atoms with van der Waals surface area (Å²) in [6.45, 7) is 3.77. The molecule has 0 saturated heterocycles. The maximum atomic E-state index is 12.6. The van der Waals surface area contributed by atoms with E-state index in [2.05, 4.69) is 32.3 Å². The van der Waals surface area contributed by atoms with E-state index in [1.807, 2.05) is 0 Å². The molecule has 1 atom stereocenters. The first kappa shape index (κ1) is 16.2. The summed E-state index contributed by atoms with van der Waals surface area (Å²) < 4.78 is 1.80. The van der Waals surface area contributed by atoms with Crippen LogP contribution in [0.5, 0.6) is 0 Å². The summed E-state index contributed by atoms with van der Waals surface area (Å²) in [5.41, 5.74) is -0.440. The molecule has 0 spiro atoms. The van der Waals surface area contributed by atoms with Crippen molar-refractivity contribution in [1.29, 1.82) is 0 Å². The van der Waals surface area contributed by atoms with Crippen LogP contribution in [0.1, 0.15) is 41.9 Å². The molecule has 4 rings (SSSR count). The number of hydrogen-bond donors (Lipinski definition) is 3. The van der Waals surface area contributed by atoms with Crippen molar-refractivity contribution in [3.05, 3.63) is 50.4 Å². The monoisotopic (exact) mass is 354 g/mol. The fraction of sp³-hybridized carbons (Fsp3) is 0.353. The zero-order valence-corrected chi connectivity index (χ0v) is 14.4. The third-order valence-electron chi connectivity index (χ3n) is 4.74. The molecule has 3 aromatic rings. The summed E-state index contributed by atoms with van der Waals surface area (Å²) in [4.78, 5) is 44.8. The summed E-state index contributed by atoms with van der Waals surface area (Å²) in [7, 11) is 0. The number of anilines is 1. The fourth-order valence-corrected chi connectivity index (χ4v) is 3.17. The van der Waals surface area contributed by atoms with Gasteiger partial charge in [-0.05, 0) is 44.2 Å². The molecule has 1 saturated carbocycles. The van der Waals surface area contributed by atoms with Gasteiger partial charge in [-0.2, -0.15) is 5.10 Å². The number of hydrogen-bond acceptors (Lipinski definition) is 5. The van der Waals surface area contributed by atoms with Crippen LogP contribution in [0.4, 0.5) is 5.82 Å². The maximum Gasteiger partial charge on any atom is 0.327 e. The Morgan fingerprint density at radius 1 is 1.35 bits per heavy atom. The van der Waals surface area contributed by atoms with Crippen LogP contribution >= 0.6 is 0 Å². The predicted octanol–water partition coefficient (Wildman–Crippen LogP) is 1.34. The highest BCUT2D eigenvalue weighted by molar-refractivity contribution is 6.03. The summed E-state index contributed by atoms with van der Waals surface area (Å²) in [6, 6.07) is 3.47. The highest BCUT2D eigenvalue weighted by Crippen LogP contribution is 2.40. The molecular formula is C17H18N6O3. The van der Waals surface area contributed by atoms with Crippen molar-refractivity contribution in [2.24, 2.45) is 5.92 Å². The number of rotatable bonds is 4. The Hall–Kier alpha value is -3.23. The van der Waals surface area contributed by atoms with E-state index in [9.17, 15) is 14.4 Å². The quantitative estimate of drug-likeness (QED) is 0.652. The van der Waals surface area contributed by atoms with Gasteiger partial charge in [-0.15, -0.1) is 0 Å². The lowest BCUT2D eigenvalue weighted by Crippen LogP contribution is -2.24. The van der Waals surface area contributed by atoms with Crippen LogP contribution in [0.3, 0.4) is 0 Å². The van der Waals surface area contributed by atoms with Gasteiger partial charge >= 0.3 is 5.69 Å². The molecule has 0 radical (unpaired) electrons. The smallest absolute Gasteiger partial charge is 0.305 e. The standard InChI is InChI=1S/C17H18N6O3/c1-8-7-11(19-14-13(8)16(25)22-17(26)21-14)15(24)20-12-5-6-18-23(12)9(2)10-3-4-10/h5-7,9-10H,3-4H2,1-2H3,(H,20,24)(H2,19,21,22,25,26). The number of aromatic amines is 2. The van der Waals surface area contributed by atoms with Crippen molar-refractivity contribution >= 4 is 22.8 Å². The number of H-pyrrole nitrogens is 2. The summed E-state index contributed by atoms with van der Waals surface area (Å²) in [5, 5.41) is 7.37. The van der Waals surface area contributed by atoms with E-state index in [0.717, 1.165) is 0 Å². The van der Waals surface area contributed by atoms with Gasteiger partial charge in [0.2, 0.25) is 0 Å². The van der Waals surface area contributed by atoms with E-state index in [0.29, 0.717) is 17.3 Å². The number of carbonyl (C=O) groups excluding carboxylic acids is 1. The van der Waals surface area contributed by atoms with Crippen LogP contribution < -0.4 is 16.6 Å². The third kappa shape index (κ3) is 2.81. The first-order valence-electron chi connectivity index (χ1n) is 8.43. The van der Waals surface area contributed by atoms with Crippen LogP contribution in [0.15, 0.2) is 27.9 Å². The van der Waals surface area contributed by atoms with Gasteiger partial charge in [0.25, 0.3) is 11.5 Å². The number of nitrogens with one attached hydrogen (secondary N) is 3. The third-order valence-corrected chi connectivity index (χ3v) is 4.74. The second kappa shape index (κ2) is 5.94. The highest BCUT2D eigenvalue weighted by atomic mass is 16.2. The molecule has 0 aliphatic heterocycles. The van der Waals surface area contributed by atoms with Gasteiger partial charge in [-0.1, -0.05) is 0 Å². The van der Waals surface area contributed by atoms with Crippen molar-refractivity contribution < 1.29 is 4.79 Å². The number of aryl methyl sites for hydroxylation is 1. The first-order chi connectivity index (χ1) is 12.4. The number of fused-ring (bicyclic) bond motifs is 1. The number of amides is 1. The Bertz CT molecular complexity index is 1120. The van der Waals surface area contributed by atoms with E-state index < -0.39 is 17.2 Å². The van der Waals surface area contributed by atoms with Crippen LogP contribution in [-0.4, -0.2) is 30.6 Å². The Labute approximate surface area is 147 Å². The second-order valence-electron chi connectivity index (χ2n) is 6.65. The molecule has 3 aromatic heterocycles. The molecule has 9 heteroatoms. The average Bonchev–Trinajstić information content (AvgIpc) is 3.33. The molecule has 1 unspecified atom stereocenters. The molecule has 1 aliphatic rings. The van der Waals surface area contributed by atoms with E-state index in [4.69, 9.17) is 0 Å². The van der Waals surface area contributed by atoms with E-state index in [1.165, 1.54) is 18.9 Å². The zero-order valence-electron chi connectivity index (χ0n) is 14.4. The Balaban J connectivity index is 1.68. The van der Waals surface area contributed by atoms with E-state index in [-0.39, 0.29) is 22.8 Å². The topological polar surface area (TPSA) is 126 Å². The fourth-order valence-electron chi connectivity index (χ4n) is 3.17. The molecule has 134 valence electrons. The van der Waals surface area contributed by atoms with Gasteiger partial charge < -0.3 is 5.32 Å². The molecule has 3 heterocycles. The minimum atomic E-state index is -0.664. The van der Waals surface area contributed by atoms with E-state index >= 15 is 0 Å². The number of aromatic nitrogens is 5. The predicted molar refractivity (Wildman–Crippen MR) is 95.3 cm³/mol. The lowest BCUT2D eigenvalue weighted by atomic mass is 10.1. The van der Waals surface area contributed by atoms with Crippen LogP contribution in [0.25, 0.3) is 11.0 Å². The van der Waals surface area contributed by atoms with Crippen LogP contribution in [0, 0.1) is 12.8 Å².